The maximum Gasteiger partial charge on any atom is 0.253 e. The summed E-state index contributed by atoms with van der Waals surface area (Å²) in [5, 5.41) is 32.5. The van der Waals surface area contributed by atoms with Crippen LogP contribution < -0.4 is 16.4 Å². The van der Waals surface area contributed by atoms with E-state index in [0.717, 1.165) is 42.2 Å². The van der Waals surface area contributed by atoms with Crippen molar-refractivity contribution in [2.45, 2.75) is 56.8 Å². The van der Waals surface area contributed by atoms with Crippen molar-refractivity contribution in [3.05, 3.63) is 47.2 Å². The molecule has 2 aliphatic rings. The van der Waals surface area contributed by atoms with Crippen LogP contribution in [0.3, 0.4) is 0 Å². The molecular weight excluding hydrogens is 451 g/mol. The van der Waals surface area contributed by atoms with Gasteiger partial charge >= 0.3 is 0 Å². The summed E-state index contributed by atoms with van der Waals surface area (Å²) in [6.45, 7) is 0.935. The van der Waals surface area contributed by atoms with E-state index >= 15 is 4.39 Å². The normalized spacial score (nSPS) is 23.0. The SMILES string of the molecule is N#CCC1(N/C=C(\C(=N)NC=O)C(N)=O)CCN(Cc2ccc(C3=CCCCC3)c(O)c2)CC1F. The molecule has 0 saturated carbocycles. The first-order chi connectivity index (χ1) is 16.8. The second-order valence-corrected chi connectivity index (χ2v) is 8.97. The number of benzene rings is 1. The number of amides is 2. The highest BCUT2D eigenvalue weighted by Crippen LogP contribution is 2.34. The number of phenolic OH excluding ortho intramolecular Hbond substituents is 1. The topological polar surface area (TPSA) is 155 Å². The Morgan fingerprint density at radius 2 is 2.23 bits per heavy atom. The second-order valence-electron chi connectivity index (χ2n) is 8.97. The van der Waals surface area contributed by atoms with E-state index in [1.807, 2.05) is 28.4 Å². The van der Waals surface area contributed by atoms with Gasteiger partial charge in [-0.3, -0.25) is 19.9 Å². The molecule has 1 aromatic carbocycles. The van der Waals surface area contributed by atoms with Crippen molar-refractivity contribution >= 4 is 23.7 Å². The Kier molecular flexibility index (Phi) is 8.60. The summed E-state index contributed by atoms with van der Waals surface area (Å²) >= 11 is 0. The first kappa shape index (κ1) is 25.9. The maximum absolute atomic E-state index is 15.4. The number of nitriles is 1. The molecule has 2 amide bonds. The fourth-order valence-corrected chi connectivity index (χ4v) is 4.61. The molecule has 1 heterocycles. The van der Waals surface area contributed by atoms with Gasteiger partial charge in [-0.05, 0) is 49.3 Å². The van der Waals surface area contributed by atoms with Crippen LogP contribution in [0.15, 0.2) is 36.0 Å². The number of allylic oxidation sites excluding steroid dienone is 2. The standard InChI is InChI=1S/C25H31FN6O3/c26-22-15-32(14-17-6-7-19(21(34)12-17)18-4-2-1-3-5-18)11-9-25(22,8-10-27)31-13-20(24(29)35)23(28)30-16-33/h4,6-7,12-13,16,22,31,34H,1-3,5,8-9,11,14-15H2,(H2,29,35)(H2,28,30,33)/b20-13+. The molecule has 6 N–H and O–H groups in total. The average Bonchev–Trinajstić information content (AvgIpc) is 2.82. The number of nitrogens with two attached hydrogens (primary N) is 1. The molecule has 1 aromatic rings. The summed E-state index contributed by atoms with van der Waals surface area (Å²) in [5.41, 5.74) is 6.55. The highest BCUT2D eigenvalue weighted by atomic mass is 19.1. The van der Waals surface area contributed by atoms with E-state index in [-0.39, 0.29) is 37.1 Å². The zero-order valence-corrected chi connectivity index (χ0v) is 19.5. The van der Waals surface area contributed by atoms with Crippen LogP contribution in [0.1, 0.15) is 49.7 Å². The molecule has 1 saturated heterocycles. The van der Waals surface area contributed by atoms with Crippen LogP contribution in [-0.4, -0.2) is 53.0 Å². The number of piperidine rings is 1. The lowest BCUT2D eigenvalue weighted by atomic mass is 9.83. The van der Waals surface area contributed by atoms with E-state index in [0.29, 0.717) is 13.1 Å². The third kappa shape index (κ3) is 6.25. The number of carbonyl (C=O) groups is 2. The van der Waals surface area contributed by atoms with E-state index in [2.05, 4.69) is 11.4 Å². The number of primary amides is 1. The second kappa shape index (κ2) is 11.6. The lowest BCUT2D eigenvalue weighted by molar-refractivity contribution is -0.114. The predicted molar refractivity (Wildman–Crippen MR) is 130 cm³/mol. The number of amidine groups is 1. The number of halogens is 1. The highest BCUT2D eigenvalue weighted by molar-refractivity contribution is 6.20. The molecule has 9 nitrogen and oxygen atoms in total. The molecule has 2 atom stereocenters. The number of hydrogen-bond donors (Lipinski definition) is 5. The number of alkyl halides is 1. The van der Waals surface area contributed by atoms with E-state index in [9.17, 15) is 20.0 Å². The number of nitrogens with one attached hydrogen (secondary N) is 3. The van der Waals surface area contributed by atoms with Crippen molar-refractivity contribution in [1.29, 1.82) is 10.7 Å². The maximum atomic E-state index is 15.4. The molecule has 0 bridgehead atoms. The minimum absolute atomic E-state index is 0.0339. The summed E-state index contributed by atoms with van der Waals surface area (Å²) < 4.78 is 15.4. The molecule has 0 radical (unpaired) electrons. The Bertz CT molecular complexity index is 1080. The number of carbonyl (C=O) groups excluding carboxylic acids is 2. The fraction of sp³-hybridized carbons (Fsp3) is 0.440. The quantitative estimate of drug-likeness (QED) is 0.157. The van der Waals surface area contributed by atoms with Crippen molar-refractivity contribution in [3.63, 3.8) is 0 Å². The van der Waals surface area contributed by atoms with Crippen LogP contribution in [0.4, 0.5) is 4.39 Å². The van der Waals surface area contributed by atoms with Crippen molar-refractivity contribution in [1.82, 2.24) is 15.5 Å². The van der Waals surface area contributed by atoms with Crippen molar-refractivity contribution < 1.29 is 19.1 Å². The molecule has 2 unspecified atom stereocenters. The molecule has 35 heavy (non-hydrogen) atoms. The Morgan fingerprint density at radius 1 is 1.43 bits per heavy atom. The van der Waals surface area contributed by atoms with Gasteiger partial charge in [-0.1, -0.05) is 18.2 Å². The predicted octanol–water partition coefficient (Wildman–Crippen LogP) is 2.23. The van der Waals surface area contributed by atoms with Crippen LogP contribution in [0, 0.1) is 16.7 Å². The summed E-state index contributed by atoms with van der Waals surface area (Å²) in [6.07, 6.45) is 6.39. The summed E-state index contributed by atoms with van der Waals surface area (Å²) in [5.74, 6) is -1.27. The average molecular weight is 483 g/mol. The van der Waals surface area contributed by atoms with Crippen molar-refractivity contribution in [2.24, 2.45) is 5.73 Å². The van der Waals surface area contributed by atoms with Crippen LogP contribution in [0.2, 0.25) is 0 Å². The lowest BCUT2D eigenvalue weighted by Gasteiger charge is -2.43. The van der Waals surface area contributed by atoms with Gasteiger partial charge in [0.15, 0.2) is 0 Å². The molecular formula is C25H31FN6O3. The van der Waals surface area contributed by atoms with Gasteiger partial charge in [0.25, 0.3) is 5.91 Å². The Morgan fingerprint density at radius 3 is 2.83 bits per heavy atom. The van der Waals surface area contributed by atoms with Gasteiger partial charge in [-0.25, -0.2) is 4.39 Å². The van der Waals surface area contributed by atoms with Crippen molar-refractivity contribution in [3.8, 4) is 11.8 Å². The molecule has 186 valence electrons. The van der Waals surface area contributed by atoms with Crippen molar-refractivity contribution in [2.75, 3.05) is 13.1 Å². The van der Waals surface area contributed by atoms with E-state index in [4.69, 9.17) is 11.1 Å². The monoisotopic (exact) mass is 482 g/mol. The van der Waals surface area contributed by atoms with Crippen LogP contribution >= 0.6 is 0 Å². The van der Waals surface area contributed by atoms with Crippen LogP contribution in [0.25, 0.3) is 5.57 Å². The molecule has 1 aliphatic heterocycles. The minimum Gasteiger partial charge on any atom is -0.507 e. The van der Waals surface area contributed by atoms with Gasteiger partial charge in [0.1, 0.15) is 17.8 Å². The number of phenols is 1. The van der Waals surface area contributed by atoms with E-state index < -0.39 is 23.5 Å². The third-order valence-electron chi connectivity index (χ3n) is 6.63. The number of aromatic hydroxyl groups is 1. The Balaban J connectivity index is 1.70. The van der Waals surface area contributed by atoms with E-state index in [1.54, 1.807) is 6.07 Å². The number of nitrogens with zero attached hydrogens (tertiary/aromatic N) is 2. The summed E-state index contributed by atoms with van der Waals surface area (Å²) in [7, 11) is 0. The largest absolute Gasteiger partial charge is 0.507 e. The Labute approximate surface area is 204 Å². The van der Waals surface area contributed by atoms with E-state index in [1.165, 1.54) is 6.42 Å². The van der Waals surface area contributed by atoms with Gasteiger partial charge in [0.05, 0.1) is 23.6 Å². The molecule has 1 fully saturated rings. The van der Waals surface area contributed by atoms with Gasteiger partial charge in [0.2, 0.25) is 6.41 Å². The van der Waals surface area contributed by atoms with Gasteiger partial charge in [-0.15, -0.1) is 0 Å². The number of hydrogen-bond acceptors (Lipinski definition) is 7. The third-order valence-corrected chi connectivity index (χ3v) is 6.63. The summed E-state index contributed by atoms with van der Waals surface area (Å²) in [6, 6.07) is 7.58. The molecule has 10 heteroatoms. The summed E-state index contributed by atoms with van der Waals surface area (Å²) in [4.78, 5) is 24.2. The highest BCUT2D eigenvalue weighted by Gasteiger charge is 2.43. The molecule has 3 rings (SSSR count). The lowest BCUT2D eigenvalue weighted by Crippen LogP contribution is -2.59. The van der Waals surface area contributed by atoms with Gasteiger partial charge < -0.3 is 21.5 Å². The molecule has 1 aliphatic carbocycles. The van der Waals surface area contributed by atoms with Crippen LogP contribution in [-0.2, 0) is 16.1 Å². The smallest absolute Gasteiger partial charge is 0.253 e. The zero-order valence-electron chi connectivity index (χ0n) is 19.5. The fourth-order valence-electron chi connectivity index (χ4n) is 4.61. The van der Waals surface area contributed by atoms with Crippen LogP contribution in [0.5, 0.6) is 5.75 Å². The van der Waals surface area contributed by atoms with Gasteiger partial charge in [0, 0.05) is 31.4 Å². The first-order valence-electron chi connectivity index (χ1n) is 11.6. The Hall–Kier alpha value is -3.71. The molecule has 0 spiro atoms. The van der Waals surface area contributed by atoms with Gasteiger partial charge in [-0.2, -0.15) is 5.26 Å². The first-order valence-corrected chi connectivity index (χ1v) is 11.6. The minimum atomic E-state index is -1.46. The number of rotatable bonds is 9. The number of likely N-dealkylation sites (tertiary alicyclic amines) is 1. The zero-order chi connectivity index (χ0) is 25.4. The molecule has 0 aromatic heterocycles.